The maximum Gasteiger partial charge on any atom is 0.335 e. The minimum Gasteiger partial charge on any atom is -0.545 e. The van der Waals surface area contributed by atoms with Crippen LogP contribution in [-0.2, 0) is 9.59 Å². The fraction of sp³-hybridized carbons (Fsp3) is 0.143. The number of nitrogens with one attached hydrogen (secondary N) is 1. The Balaban J connectivity index is 1.94. The number of amides is 4. The van der Waals surface area contributed by atoms with Gasteiger partial charge in [0.1, 0.15) is 5.57 Å². The van der Waals surface area contributed by atoms with Gasteiger partial charge in [-0.05, 0) is 40.8 Å². The van der Waals surface area contributed by atoms with E-state index in [1.165, 1.54) is 30.3 Å². The number of carboxylic acids is 1. The van der Waals surface area contributed by atoms with E-state index in [-0.39, 0.29) is 11.1 Å². The van der Waals surface area contributed by atoms with Crippen LogP contribution in [0.25, 0.3) is 6.08 Å². The Morgan fingerprint density at radius 1 is 1.00 bits per heavy atom. The van der Waals surface area contributed by atoms with E-state index in [9.17, 15) is 24.3 Å². The van der Waals surface area contributed by atoms with Crippen molar-refractivity contribution in [3.8, 4) is 0 Å². The van der Waals surface area contributed by atoms with E-state index < -0.39 is 23.8 Å². The highest BCUT2D eigenvalue weighted by molar-refractivity contribution is 6.39. The molecule has 1 aliphatic rings. The number of hydrogen-bond donors (Lipinski definition) is 1. The highest BCUT2D eigenvalue weighted by Gasteiger charge is 2.36. The van der Waals surface area contributed by atoms with E-state index in [4.69, 9.17) is 0 Å². The number of hydrogen-bond acceptors (Lipinski definition) is 5. The Morgan fingerprint density at radius 2 is 1.61 bits per heavy atom. The molecule has 4 amide bonds. The summed E-state index contributed by atoms with van der Waals surface area (Å²) in [6.45, 7) is 4.05. The second kappa shape index (κ2) is 7.48. The Hall–Kier alpha value is -3.74. The number of carbonyl (C=O) groups excluding carboxylic acids is 4. The van der Waals surface area contributed by atoms with E-state index >= 15 is 0 Å². The number of benzene rings is 2. The largest absolute Gasteiger partial charge is 0.545 e. The van der Waals surface area contributed by atoms with Crippen LogP contribution >= 0.6 is 0 Å². The predicted molar refractivity (Wildman–Crippen MR) is 100 cm³/mol. The highest BCUT2D eigenvalue weighted by Crippen LogP contribution is 2.24. The molecule has 0 aliphatic carbocycles. The van der Waals surface area contributed by atoms with Gasteiger partial charge in [-0.2, -0.15) is 0 Å². The van der Waals surface area contributed by atoms with Crippen LogP contribution in [0.15, 0.2) is 54.1 Å². The molecule has 1 fully saturated rings. The lowest BCUT2D eigenvalue weighted by Gasteiger charge is -2.26. The first-order valence-corrected chi connectivity index (χ1v) is 8.60. The summed E-state index contributed by atoms with van der Waals surface area (Å²) in [4.78, 5) is 48.9. The van der Waals surface area contributed by atoms with Crippen molar-refractivity contribution < 1.29 is 24.3 Å². The Bertz CT molecular complexity index is 988. The number of barbiturate groups is 1. The van der Waals surface area contributed by atoms with Crippen molar-refractivity contribution >= 4 is 35.6 Å². The van der Waals surface area contributed by atoms with Gasteiger partial charge in [0.2, 0.25) is 0 Å². The van der Waals surface area contributed by atoms with Crippen molar-refractivity contribution in [1.82, 2.24) is 5.32 Å². The molecule has 0 radical (unpaired) electrons. The molecule has 0 aromatic heterocycles. The summed E-state index contributed by atoms with van der Waals surface area (Å²) in [6, 6.07) is 11.6. The quantitative estimate of drug-likeness (QED) is 0.646. The smallest absolute Gasteiger partial charge is 0.335 e. The SMILES string of the molecule is CC(C)c1ccc(N2C(=O)NC(=O)/C(=C\c3ccc(C(=O)[O-])cc3)C2=O)cc1. The summed E-state index contributed by atoms with van der Waals surface area (Å²) in [5, 5.41) is 13.0. The van der Waals surface area contributed by atoms with Crippen molar-refractivity contribution in [3.63, 3.8) is 0 Å². The van der Waals surface area contributed by atoms with E-state index in [1.807, 2.05) is 26.0 Å². The molecule has 1 saturated heterocycles. The molecule has 2 aromatic rings. The lowest BCUT2D eigenvalue weighted by atomic mass is 10.0. The van der Waals surface area contributed by atoms with Gasteiger partial charge in [-0.15, -0.1) is 0 Å². The van der Waals surface area contributed by atoms with Crippen molar-refractivity contribution in [3.05, 3.63) is 70.8 Å². The molecule has 0 bridgehead atoms. The molecule has 2 aromatic carbocycles. The zero-order valence-corrected chi connectivity index (χ0v) is 15.3. The van der Waals surface area contributed by atoms with Gasteiger partial charge >= 0.3 is 6.03 Å². The zero-order valence-electron chi connectivity index (χ0n) is 15.3. The molecule has 7 heteroatoms. The standard InChI is InChI=1S/C21H18N2O5/c1-12(2)14-7-9-16(10-8-14)23-19(25)17(18(24)22-21(23)28)11-13-3-5-15(6-4-13)20(26)27/h3-12H,1-2H3,(H,26,27)(H,22,24,28)/p-1/b17-11+. The molecule has 1 N–H and O–H groups in total. The molecule has 1 aliphatic heterocycles. The first-order chi connectivity index (χ1) is 13.3. The van der Waals surface area contributed by atoms with Crippen LogP contribution < -0.4 is 15.3 Å². The van der Waals surface area contributed by atoms with Gasteiger partial charge in [0, 0.05) is 0 Å². The summed E-state index contributed by atoms with van der Waals surface area (Å²) in [7, 11) is 0. The van der Waals surface area contributed by atoms with Gasteiger partial charge in [-0.1, -0.05) is 50.2 Å². The topological polar surface area (TPSA) is 107 Å². The Labute approximate surface area is 161 Å². The van der Waals surface area contributed by atoms with Crippen LogP contribution in [0.2, 0.25) is 0 Å². The molecule has 0 unspecified atom stereocenters. The first-order valence-electron chi connectivity index (χ1n) is 8.60. The number of carboxylic acid groups (broad SMARTS) is 1. The number of nitrogens with zero attached hydrogens (tertiary/aromatic N) is 1. The third kappa shape index (κ3) is 3.68. The predicted octanol–water partition coefficient (Wildman–Crippen LogP) is 1.84. The number of rotatable bonds is 4. The van der Waals surface area contributed by atoms with Crippen molar-refractivity contribution in [1.29, 1.82) is 0 Å². The second-order valence-corrected chi connectivity index (χ2v) is 6.61. The summed E-state index contributed by atoms with van der Waals surface area (Å²) < 4.78 is 0. The summed E-state index contributed by atoms with van der Waals surface area (Å²) in [5.41, 5.74) is 1.58. The van der Waals surface area contributed by atoms with Gasteiger partial charge < -0.3 is 9.90 Å². The van der Waals surface area contributed by atoms with Crippen LogP contribution in [0.5, 0.6) is 0 Å². The van der Waals surface area contributed by atoms with Crippen LogP contribution in [0, 0.1) is 0 Å². The number of carbonyl (C=O) groups is 4. The fourth-order valence-electron chi connectivity index (χ4n) is 2.78. The maximum atomic E-state index is 12.8. The zero-order chi connectivity index (χ0) is 20.4. The molecular formula is C21H17N2O5-. The average molecular weight is 377 g/mol. The highest BCUT2D eigenvalue weighted by atomic mass is 16.4. The average Bonchev–Trinajstić information content (AvgIpc) is 2.65. The lowest BCUT2D eigenvalue weighted by Crippen LogP contribution is -2.54. The number of aromatic carboxylic acids is 1. The van der Waals surface area contributed by atoms with Crippen LogP contribution in [-0.4, -0.2) is 23.8 Å². The van der Waals surface area contributed by atoms with E-state index in [1.54, 1.807) is 12.1 Å². The normalized spacial score (nSPS) is 15.9. The summed E-state index contributed by atoms with van der Waals surface area (Å²) in [6.07, 6.45) is 1.30. The third-order valence-electron chi connectivity index (χ3n) is 4.38. The Kier molecular flexibility index (Phi) is 5.08. The molecule has 1 heterocycles. The maximum absolute atomic E-state index is 12.8. The number of anilines is 1. The summed E-state index contributed by atoms with van der Waals surface area (Å²) >= 11 is 0. The Morgan fingerprint density at radius 3 is 2.14 bits per heavy atom. The molecule has 28 heavy (non-hydrogen) atoms. The summed E-state index contributed by atoms with van der Waals surface area (Å²) in [5.74, 6) is -2.60. The molecule has 0 spiro atoms. The van der Waals surface area contributed by atoms with Gasteiger partial charge in [0.05, 0.1) is 11.7 Å². The lowest BCUT2D eigenvalue weighted by molar-refractivity contribution is -0.255. The monoisotopic (exact) mass is 377 g/mol. The molecule has 142 valence electrons. The van der Waals surface area contributed by atoms with Crippen LogP contribution in [0.4, 0.5) is 10.5 Å². The van der Waals surface area contributed by atoms with Crippen LogP contribution in [0.3, 0.4) is 0 Å². The van der Waals surface area contributed by atoms with Gasteiger partial charge in [-0.25, -0.2) is 9.69 Å². The van der Waals surface area contributed by atoms with Crippen molar-refractivity contribution in [2.75, 3.05) is 4.90 Å². The molecule has 7 nitrogen and oxygen atoms in total. The van der Waals surface area contributed by atoms with Crippen LogP contribution in [0.1, 0.15) is 41.3 Å². The third-order valence-corrected chi connectivity index (χ3v) is 4.38. The van der Waals surface area contributed by atoms with E-state index in [2.05, 4.69) is 5.32 Å². The minimum absolute atomic E-state index is 0.0244. The van der Waals surface area contributed by atoms with Crippen molar-refractivity contribution in [2.45, 2.75) is 19.8 Å². The van der Waals surface area contributed by atoms with Gasteiger partial charge in [0.15, 0.2) is 0 Å². The molecule has 0 saturated carbocycles. The van der Waals surface area contributed by atoms with Gasteiger partial charge in [-0.3, -0.25) is 14.9 Å². The fourth-order valence-corrected chi connectivity index (χ4v) is 2.78. The van der Waals surface area contributed by atoms with Gasteiger partial charge in [0.25, 0.3) is 11.8 Å². The molecular weight excluding hydrogens is 360 g/mol. The molecule has 3 rings (SSSR count). The molecule has 0 atom stereocenters. The van der Waals surface area contributed by atoms with E-state index in [0.717, 1.165) is 10.5 Å². The second-order valence-electron chi connectivity index (χ2n) is 6.61. The van der Waals surface area contributed by atoms with E-state index in [0.29, 0.717) is 17.2 Å². The number of imide groups is 2. The first kappa shape index (κ1) is 19.0. The minimum atomic E-state index is -1.33. The number of urea groups is 1. The van der Waals surface area contributed by atoms with Crippen molar-refractivity contribution in [2.24, 2.45) is 0 Å².